The van der Waals surface area contributed by atoms with E-state index in [1.807, 2.05) is 0 Å². The van der Waals surface area contributed by atoms with Crippen LogP contribution in [-0.4, -0.2) is 8.42 Å². The van der Waals surface area contributed by atoms with E-state index < -0.39 is 21.8 Å². The zero-order chi connectivity index (χ0) is 16.5. The molecule has 2 rings (SSSR count). The normalized spacial score (nSPS) is 12.2. The van der Waals surface area contributed by atoms with E-state index in [0.717, 1.165) is 12.1 Å². The molecule has 0 bridgehead atoms. The molecule has 0 fully saturated rings. The van der Waals surface area contributed by atoms with Crippen LogP contribution in [0.3, 0.4) is 0 Å². The molecular weight excluding hydrogens is 362 g/mol. The van der Waals surface area contributed by atoms with Crippen LogP contribution < -0.4 is 4.72 Å². The molecule has 0 aromatic heterocycles. The number of hydrogen-bond donors (Lipinski definition) is 1. The SMILES string of the molecule is O=S(=O)(Nc1ccc(Cl)c(Cl)c1)c1ccc(C(F)(F)F)cc1. The summed E-state index contributed by atoms with van der Waals surface area (Å²) in [7, 11) is -4.02. The third-order valence-electron chi connectivity index (χ3n) is 2.66. The lowest BCUT2D eigenvalue weighted by molar-refractivity contribution is -0.137. The van der Waals surface area contributed by atoms with Crippen molar-refractivity contribution in [3.8, 4) is 0 Å². The third kappa shape index (κ3) is 3.85. The lowest BCUT2D eigenvalue weighted by Gasteiger charge is -2.10. The largest absolute Gasteiger partial charge is 0.416 e. The summed E-state index contributed by atoms with van der Waals surface area (Å²) in [6.45, 7) is 0. The number of rotatable bonds is 3. The summed E-state index contributed by atoms with van der Waals surface area (Å²) in [6.07, 6.45) is -4.53. The van der Waals surface area contributed by atoms with Gasteiger partial charge < -0.3 is 0 Å². The monoisotopic (exact) mass is 369 g/mol. The highest BCUT2D eigenvalue weighted by Crippen LogP contribution is 2.30. The molecule has 0 saturated carbocycles. The molecular formula is C13H8Cl2F3NO2S. The quantitative estimate of drug-likeness (QED) is 0.843. The Morgan fingerprint density at radius 3 is 2.00 bits per heavy atom. The fourth-order valence-corrected chi connectivity index (χ4v) is 2.94. The Hall–Kier alpha value is -1.44. The lowest BCUT2D eigenvalue weighted by atomic mass is 10.2. The summed E-state index contributed by atoms with van der Waals surface area (Å²) in [5, 5.41) is 0.397. The van der Waals surface area contributed by atoms with Crippen LogP contribution in [0, 0.1) is 0 Å². The number of benzene rings is 2. The molecule has 3 nitrogen and oxygen atoms in total. The van der Waals surface area contributed by atoms with Crippen LogP contribution in [0.25, 0.3) is 0 Å². The topological polar surface area (TPSA) is 46.2 Å². The number of nitrogens with one attached hydrogen (secondary N) is 1. The summed E-state index contributed by atoms with van der Waals surface area (Å²) < 4.78 is 63.7. The predicted molar refractivity (Wildman–Crippen MR) is 78.7 cm³/mol. The van der Waals surface area contributed by atoms with Crippen molar-refractivity contribution in [3.05, 3.63) is 58.1 Å². The van der Waals surface area contributed by atoms with Gasteiger partial charge in [-0.25, -0.2) is 8.42 Å². The number of anilines is 1. The molecule has 0 unspecified atom stereocenters. The van der Waals surface area contributed by atoms with E-state index in [-0.39, 0.29) is 20.6 Å². The summed E-state index contributed by atoms with van der Waals surface area (Å²) in [5.41, 5.74) is -0.782. The predicted octanol–water partition coefficient (Wildman–Crippen LogP) is 4.81. The summed E-state index contributed by atoms with van der Waals surface area (Å²) in [4.78, 5) is -0.299. The molecule has 1 N–H and O–H groups in total. The molecule has 118 valence electrons. The first-order valence-electron chi connectivity index (χ1n) is 5.75. The summed E-state index contributed by atoms with van der Waals surface area (Å²) in [5.74, 6) is 0. The maximum atomic E-state index is 12.5. The molecule has 0 heterocycles. The fraction of sp³-hybridized carbons (Fsp3) is 0.0769. The molecule has 0 aliphatic carbocycles. The second-order valence-corrected chi connectivity index (χ2v) is 6.75. The highest BCUT2D eigenvalue weighted by atomic mass is 35.5. The Bertz CT molecular complexity index is 790. The third-order valence-corrected chi connectivity index (χ3v) is 4.80. The van der Waals surface area contributed by atoms with E-state index >= 15 is 0 Å². The van der Waals surface area contributed by atoms with Gasteiger partial charge in [-0.3, -0.25) is 4.72 Å². The van der Waals surface area contributed by atoms with E-state index in [9.17, 15) is 21.6 Å². The van der Waals surface area contributed by atoms with Crippen LogP contribution in [0.5, 0.6) is 0 Å². The van der Waals surface area contributed by atoms with Gasteiger partial charge in [0.1, 0.15) is 0 Å². The Labute approximate surface area is 134 Å². The van der Waals surface area contributed by atoms with Gasteiger partial charge in [0.15, 0.2) is 0 Å². The average molecular weight is 370 g/mol. The van der Waals surface area contributed by atoms with Gasteiger partial charge in [0.05, 0.1) is 26.2 Å². The highest BCUT2D eigenvalue weighted by molar-refractivity contribution is 7.92. The van der Waals surface area contributed by atoms with Crippen molar-refractivity contribution in [2.24, 2.45) is 0 Å². The number of sulfonamides is 1. The molecule has 0 radical (unpaired) electrons. The van der Waals surface area contributed by atoms with Gasteiger partial charge in [0.25, 0.3) is 10.0 Å². The van der Waals surface area contributed by atoms with Gasteiger partial charge in [-0.1, -0.05) is 23.2 Å². The first-order valence-corrected chi connectivity index (χ1v) is 7.98. The Balaban J connectivity index is 2.28. The fourth-order valence-electron chi connectivity index (χ4n) is 1.60. The van der Waals surface area contributed by atoms with Crippen LogP contribution in [-0.2, 0) is 16.2 Å². The van der Waals surface area contributed by atoms with Gasteiger partial charge in [-0.2, -0.15) is 13.2 Å². The van der Waals surface area contributed by atoms with E-state index in [1.54, 1.807) is 0 Å². The van der Waals surface area contributed by atoms with E-state index in [1.165, 1.54) is 18.2 Å². The molecule has 0 spiro atoms. The van der Waals surface area contributed by atoms with Crippen molar-refractivity contribution in [1.82, 2.24) is 0 Å². The average Bonchev–Trinajstić information content (AvgIpc) is 2.42. The zero-order valence-electron chi connectivity index (χ0n) is 10.7. The molecule has 0 aliphatic heterocycles. The smallest absolute Gasteiger partial charge is 0.280 e. The summed E-state index contributed by atoms with van der Waals surface area (Å²) in [6, 6.07) is 7.23. The Kier molecular flexibility index (Phi) is 4.60. The lowest BCUT2D eigenvalue weighted by Crippen LogP contribution is -2.13. The van der Waals surface area contributed by atoms with Crippen molar-refractivity contribution in [2.75, 3.05) is 4.72 Å². The number of halogens is 5. The summed E-state index contributed by atoms with van der Waals surface area (Å²) >= 11 is 11.5. The minimum Gasteiger partial charge on any atom is -0.280 e. The zero-order valence-corrected chi connectivity index (χ0v) is 13.0. The first-order chi connectivity index (χ1) is 10.1. The Morgan fingerprint density at radius 2 is 1.50 bits per heavy atom. The molecule has 0 aliphatic rings. The van der Waals surface area contributed by atoms with Crippen LogP contribution in [0.15, 0.2) is 47.4 Å². The second-order valence-electron chi connectivity index (χ2n) is 4.26. The molecule has 0 amide bonds. The van der Waals surface area contributed by atoms with Crippen molar-refractivity contribution < 1.29 is 21.6 Å². The van der Waals surface area contributed by atoms with Crippen LogP contribution in [0.4, 0.5) is 18.9 Å². The van der Waals surface area contributed by atoms with E-state index in [2.05, 4.69) is 4.72 Å². The molecule has 9 heteroatoms. The van der Waals surface area contributed by atoms with E-state index in [4.69, 9.17) is 23.2 Å². The first kappa shape index (κ1) is 16.9. The van der Waals surface area contributed by atoms with Gasteiger partial charge in [0.2, 0.25) is 0 Å². The van der Waals surface area contributed by atoms with Crippen LogP contribution in [0.2, 0.25) is 10.0 Å². The molecule has 22 heavy (non-hydrogen) atoms. The van der Waals surface area contributed by atoms with Crippen molar-refractivity contribution in [2.45, 2.75) is 11.1 Å². The number of alkyl halides is 3. The second kappa shape index (κ2) is 5.98. The van der Waals surface area contributed by atoms with E-state index in [0.29, 0.717) is 12.1 Å². The minimum atomic E-state index is -4.53. The highest BCUT2D eigenvalue weighted by Gasteiger charge is 2.30. The molecule has 2 aromatic rings. The van der Waals surface area contributed by atoms with Crippen LogP contribution >= 0.6 is 23.2 Å². The molecule has 0 saturated heterocycles. The maximum absolute atomic E-state index is 12.5. The molecule has 0 atom stereocenters. The van der Waals surface area contributed by atoms with Crippen LogP contribution in [0.1, 0.15) is 5.56 Å². The number of hydrogen-bond acceptors (Lipinski definition) is 2. The Morgan fingerprint density at radius 1 is 0.909 bits per heavy atom. The maximum Gasteiger partial charge on any atom is 0.416 e. The molecule has 2 aromatic carbocycles. The van der Waals surface area contributed by atoms with Crippen molar-refractivity contribution >= 4 is 38.9 Å². The van der Waals surface area contributed by atoms with Gasteiger partial charge in [0, 0.05) is 0 Å². The van der Waals surface area contributed by atoms with Gasteiger partial charge in [-0.15, -0.1) is 0 Å². The van der Waals surface area contributed by atoms with Crippen molar-refractivity contribution in [3.63, 3.8) is 0 Å². The minimum absolute atomic E-state index is 0.147. The van der Waals surface area contributed by atoms with Gasteiger partial charge >= 0.3 is 6.18 Å². The standard InChI is InChI=1S/C13H8Cl2F3NO2S/c14-11-6-3-9(7-12(11)15)19-22(20,21)10-4-1-8(2-5-10)13(16,17)18/h1-7,19H. The van der Waals surface area contributed by atoms with Crippen molar-refractivity contribution in [1.29, 1.82) is 0 Å². The van der Waals surface area contributed by atoms with Gasteiger partial charge in [-0.05, 0) is 42.5 Å².